The fourth-order valence-corrected chi connectivity index (χ4v) is 2.38. The first-order valence-corrected chi connectivity index (χ1v) is 6.52. The third kappa shape index (κ3) is 3.10. The zero-order chi connectivity index (χ0) is 15.6. The number of anilines is 1. The molecule has 0 aliphatic carbocycles. The van der Waals surface area contributed by atoms with E-state index in [-0.39, 0.29) is 24.2 Å². The Labute approximate surface area is 121 Å². The molecule has 21 heavy (non-hydrogen) atoms. The highest BCUT2D eigenvalue weighted by Crippen LogP contribution is 2.30. The molecule has 0 saturated carbocycles. The number of carbonyl (C=O) groups is 1. The molecule has 8 nitrogen and oxygen atoms in total. The van der Waals surface area contributed by atoms with Crippen LogP contribution >= 0.6 is 0 Å². The molecular weight excluding hydrogens is 278 g/mol. The van der Waals surface area contributed by atoms with Crippen molar-refractivity contribution in [1.29, 1.82) is 0 Å². The van der Waals surface area contributed by atoms with Gasteiger partial charge in [0.15, 0.2) is 6.10 Å². The Balaban J connectivity index is 2.35. The normalized spacial score (nSPS) is 22.0. The first-order valence-electron chi connectivity index (χ1n) is 6.52. The van der Waals surface area contributed by atoms with E-state index in [1.54, 1.807) is 24.8 Å². The average molecular weight is 295 g/mol. The maximum absolute atomic E-state index is 11.6. The number of methoxy groups -OCH3 is 1. The third-order valence-electron chi connectivity index (χ3n) is 3.31. The molecule has 114 valence electrons. The van der Waals surface area contributed by atoms with E-state index in [0.717, 1.165) is 0 Å². The lowest BCUT2D eigenvalue weighted by Crippen LogP contribution is -2.50. The molecule has 1 aromatic rings. The van der Waals surface area contributed by atoms with Crippen molar-refractivity contribution in [3.05, 3.63) is 27.9 Å². The molecule has 0 N–H and O–H groups in total. The molecule has 2 atom stereocenters. The molecule has 0 aromatic carbocycles. The largest absolute Gasteiger partial charge is 0.467 e. The van der Waals surface area contributed by atoms with E-state index in [0.29, 0.717) is 12.1 Å². The fourth-order valence-electron chi connectivity index (χ4n) is 2.38. The van der Waals surface area contributed by atoms with Crippen LogP contribution in [0.5, 0.6) is 0 Å². The fraction of sp³-hybridized carbons (Fsp3) is 0.538. The quantitative estimate of drug-likeness (QED) is 0.467. The summed E-state index contributed by atoms with van der Waals surface area (Å²) >= 11 is 0. The highest BCUT2D eigenvalue weighted by atomic mass is 16.6. The Kier molecular flexibility index (Phi) is 4.37. The van der Waals surface area contributed by atoms with E-state index in [1.165, 1.54) is 13.3 Å². The van der Waals surface area contributed by atoms with Crippen LogP contribution in [-0.2, 0) is 14.3 Å². The van der Waals surface area contributed by atoms with Crippen molar-refractivity contribution in [2.45, 2.75) is 26.1 Å². The minimum absolute atomic E-state index is 0.0461. The van der Waals surface area contributed by atoms with Crippen LogP contribution in [0.15, 0.2) is 12.3 Å². The molecule has 1 aliphatic heterocycles. The number of aromatic nitrogens is 1. The summed E-state index contributed by atoms with van der Waals surface area (Å²) in [4.78, 5) is 28.3. The number of hydrogen-bond donors (Lipinski definition) is 0. The summed E-state index contributed by atoms with van der Waals surface area (Å²) in [6.07, 6.45) is 0.482. The van der Waals surface area contributed by atoms with E-state index < -0.39 is 17.0 Å². The van der Waals surface area contributed by atoms with Crippen molar-refractivity contribution in [2.24, 2.45) is 0 Å². The summed E-state index contributed by atoms with van der Waals surface area (Å²) in [5.74, 6) is -0.245. The monoisotopic (exact) mass is 295 g/mol. The van der Waals surface area contributed by atoms with Gasteiger partial charge in [-0.15, -0.1) is 0 Å². The lowest BCUT2D eigenvalue weighted by atomic mass is 10.2. The topological polar surface area (TPSA) is 94.8 Å². The van der Waals surface area contributed by atoms with E-state index in [2.05, 4.69) is 9.72 Å². The summed E-state index contributed by atoms with van der Waals surface area (Å²) < 4.78 is 10.2. The first-order chi connectivity index (χ1) is 9.93. The number of nitro groups is 1. The molecule has 2 rings (SSSR count). The molecular formula is C13H17N3O5. The van der Waals surface area contributed by atoms with Crippen LogP contribution in [0.25, 0.3) is 0 Å². The second-order valence-corrected chi connectivity index (χ2v) is 4.92. The first kappa shape index (κ1) is 15.2. The second kappa shape index (κ2) is 6.04. The van der Waals surface area contributed by atoms with Crippen molar-refractivity contribution in [1.82, 2.24) is 4.98 Å². The molecule has 1 aliphatic rings. The van der Waals surface area contributed by atoms with E-state index in [4.69, 9.17) is 4.74 Å². The van der Waals surface area contributed by atoms with Crippen molar-refractivity contribution < 1.29 is 19.2 Å². The Bertz CT molecular complexity index is 563. The minimum atomic E-state index is -0.777. The molecule has 2 heterocycles. The number of hydrogen-bond acceptors (Lipinski definition) is 7. The van der Waals surface area contributed by atoms with Gasteiger partial charge in [-0.05, 0) is 19.9 Å². The van der Waals surface area contributed by atoms with Gasteiger partial charge >= 0.3 is 11.7 Å². The number of aryl methyl sites for hydroxylation is 1. The smallest absolute Gasteiger partial charge is 0.336 e. The summed E-state index contributed by atoms with van der Waals surface area (Å²) in [5, 5.41) is 11.3. The van der Waals surface area contributed by atoms with Crippen molar-refractivity contribution in [3.63, 3.8) is 0 Å². The van der Waals surface area contributed by atoms with Gasteiger partial charge in [0.1, 0.15) is 0 Å². The molecule has 1 unspecified atom stereocenters. The number of ether oxygens (including phenoxy) is 2. The van der Waals surface area contributed by atoms with Crippen LogP contribution in [0.3, 0.4) is 0 Å². The summed E-state index contributed by atoms with van der Waals surface area (Å²) in [7, 11) is 1.28. The third-order valence-corrected chi connectivity index (χ3v) is 3.31. The number of pyridine rings is 1. The van der Waals surface area contributed by atoms with Crippen molar-refractivity contribution in [2.75, 3.05) is 25.1 Å². The molecule has 0 spiro atoms. The zero-order valence-electron chi connectivity index (χ0n) is 12.1. The van der Waals surface area contributed by atoms with E-state index in [1.807, 2.05) is 0 Å². The summed E-state index contributed by atoms with van der Waals surface area (Å²) in [6, 6.07) is 1.59. The van der Waals surface area contributed by atoms with Gasteiger partial charge in [-0.3, -0.25) is 10.1 Å². The maximum Gasteiger partial charge on any atom is 0.336 e. The van der Waals surface area contributed by atoms with Crippen LogP contribution in [0.4, 0.5) is 11.5 Å². The summed E-state index contributed by atoms with van der Waals surface area (Å²) in [6.45, 7) is 4.05. The van der Waals surface area contributed by atoms with Crippen LogP contribution < -0.4 is 4.90 Å². The molecule has 0 amide bonds. The molecule has 0 radical (unpaired) electrons. The number of esters is 1. The standard InChI is InChI=1S/C13H17N3O5/c1-8-4-5-14-12(11(8)16(18)19)15-6-9(2)21-10(7-15)13(17)20-3/h4-5,9-10H,6-7H2,1-3H3/t9-,10?/m0/s1. The Hall–Kier alpha value is -2.22. The van der Waals surface area contributed by atoms with Gasteiger partial charge in [0.2, 0.25) is 5.82 Å². The van der Waals surface area contributed by atoms with Gasteiger partial charge in [-0.2, -0.15) is 0 Å². The number of nitrogens with zero attached hydrogens (tertiary/aromatic N) is 3. The molecule has 1 saturated heterocycles. The maximum atomic E-state index is 11.6. The summed E-state index contributed by atoms with van der Waals surface area (Å²) in [5.41, 5.74) is 0.481. The molecule has 1 aromatic heterocycles. The van der Waals surface area contributed by atoms with Crippen LogP contribution in [0.1, 0.15) is 12.5 Å². The molecule has 8 heteroatoms. The Morgan fingerprint density at radius 1 is 1.57 bits per heavy atom. The Morgan fingerprint density at radius 2 is 2.29 bits per heavy atom. The van der Waals surface area contributed by atoms with Gasteiger partial charge in [-0.1, -0.05) is 0 Å². The van der Waals surface area contributed by atoms with Crippen LogP contribution in [0, 0.1) is 17.0 Å². The highest BCUT2D eigenvalue weighted by molar-refractivity contribution is 5.76. The van der Waals surface area contributed by atoms with Crippen LogP contribution in [0.2, 0.25) is 0 Å². The second-order valence-electron chi connectivity index (χ2n) is 4.92. The van der Waals surface area contributed by atoms with Crippen LogP contribution in [-0.4, -0.2) is 48.3 Å². The van der Waals surface area contributed by atoms with Gasteiger partial charge in [0.05, 0.1) is 24.7 Å². The van der Waals surface area contributed by atoms with E-state index in [9.17, 15) is 14.9 Å². The minimum Gasteiger partial charge on any atom is -0.467 e. The van der Waals surface area contributed by atoms with Gasteiger partial charge < -0.3 is 14.4 Å². The molecule has 0 bridgehead atoms. The predicted molar refractivity (Wildman–Crippen MR) is 74.2 cm³/mol. The van der Waals surface area contributed by atoms with Gasteiger partial charge in [0.25, 0.3) is 0 Å². The van der Waals surface area contributed by atoms with E-state index >= 15 is 0 Å². The van der Waals surface area contributed by atoms with Gasteiger partial charge in [-0.25, -0.2) is 9.78 Å². The SMILES string of the molecule is COC(=O)C1CN(c2nccc(C)c2[N+](=O)[O-])C[C@H](C)O1. The van der Waals surface area contributed by atoms with Crippen molar-refractivity contribution >= 4 is 17.5 Å². The Morgan fingerprint density at radius 3 is 2.90 bits per heavy atom. The van der Waals surface area contributed by atoms with Crippen molar-refractivity contribution in [3.8, 4) is 0 Å². The molecule has 1 fully saturated rings. The lowest BCUT2D eigenvalue weighted by molar-refractivity contribution is -0.385. The highest BCUT2D eigenvalue weighted by Gasteiger charge is 2.35. The predicted octanol–water partition coefficient (Wildman–Crippen LogP) is 1.06. The number of carbonyl (C=O) groups excluding carboxylic acids is 1. The zero-order valence-corrected chi connectivity index (χ0v) is 12.1. The average Bonchev–Trinajstić information content (AvgIpc) is 2.45. The lowest BCUT2D eigenvalue weighted by Gasteiger charge is -2.35. The number of rotatable bonds is 3. The van der Waals surface area contributed by atoms with Gasteiger partial charge in [0, 0.05) is 18.3 Å². The number of morpholine rings is 1.